The lowest BCUT2D eigenvalue weighted by Crippen LogP contribution is -2.56. The van der Waals surface area contributed by atoms with Gasteiger partial charge in [0.15, 0.2) is 0 Å². The topological polar surface area (TPSA) is 90.5 Å². The summed E-state index contributed by atoms with van der Waals surface area (Å²) in [6, 6.07) is 11.7. The number of hydrogen-bond donors (Lipinski definition) is 3. The van der Waals surface area contributed by atoms with E-state index in [0.717, 1.165) is 11.1 Å². The van der Waals surface area contributed by atoms with Crippen LogP contribution in [-0.2, 0) is 4.79 Å². The van der Waals surface area contributed by atoms with Crippen LogP contribution in [-0.4, -0.2) is 47.9 Å². The van der Waals surface area contributed by atoms with E-state index in [2.05, 4.69) is 22.5 Å². The van der Waals surface area contributed by atoms with E-state index in [0.29, 0.717) is 42.2 Å². The second-order valence-electron chi connectivity index (χ2n) is 7.64. The molecule has 0 unspecified atom stereocenters. The van der Waals surface area contributed by atoms with Crippen LogP contribution in [0.25, 0.3) is 11.1 Å². The molecule has 31 heavy (non-hydrogen) atoms. The van der Waals surface area contributed by atoms with Crippen LogP contribution in [0.5, 0.6) is 0 Å². The number of amides is 4. The van der Waals surface area contributed by atoms with Crippen molar-refractivity contribution in [3.8, 4) is 11.1 Å². The highest BCUT2D eigenvalue weighted by molar-refractivity contribution is 6.30. The summed E-state index contributed by atoms with van der Waals surface area (Å²) in [7, 11) is 0. The van der Waals surface area contributed by atoms with E-state index in [1.165, 1.54) is 0 Å². The maximum Gasteiger partial charge on any atom is 0.315 e. The summed E-state index contributed by atoms with van der Waals surface area (Å²) in [5.41, 5.74) is 2.75. The van der Waals surface area contributed by atoms with Gasteiger partial charge in [0.25, 0.3) is 5.91 Å². The molecule has 160 valence electrons. The second kappa shape index (κ2) is 8.81. The van der Waals surface area contributed by atoms with Crippen LogP contribution in [0.1, 0.15) is 23.2 Å². The molecule has 0 saturated carbocycles. The maximum atomic E-state index is 13.3. The molecule has 0 bridgehead atoms. The Labute approximate surface area is 185 Å². The summed E-state index contributed by atoms with van der Waals surface area (Å²) >= 11 is 5.98. The smallest absolute Gasteiger partial charge is 0.315 e. The molecule has 0 aromatic heterocycles. The lowest BCUT2D eigenvalue weighted by atomic mass is 9.96. The maximum absolute atomic E-state index is 13.3. The van der Waals surface area contributed by atoms with E-state index >= 15 is 0 Å². The number of carbonyl (C=O) groups is 3. The van der Waals surface area contributed by atoms with Gasteiger partial charge in [0.05, 0.1) is 11.3 Å². The fourth-order valence-corrected chi connectivity index (χ4v) is 4.14. The molecule has 2 aliphatic heterocycles. The van der Waals surface area contributed by atoms with Gasteiger partial charge in [-0.05, 0) is 48.2 Å². The van der Waals surface area contributed by atoms with Gasteiger partial charge in [0.2, 0.25) is 5.91 Å². The average Bonchev–Trinajstić information content (AvgIpc) is 2.87. The first-order valence-corrected chi connectivity index (χ1v) is 10.5. The summed E-state index contributed by atoms with van der Waals surface area (Å²) in [4.78, 5) is 39.8. The molecule has 2 atom stereocenters. The van der Waals surface area contributed by atoms with E-state index in [9.17, 15) is 14.4 Å². The summed E-state index contributed by atoms with van der Waals surface area (Å²) < 4.78 is 0. The standard InChI is InChI=1S/C23H23ClN4O3/c1-2-10-25-23(31)26-17-9-11-28-20(13-17)21(29)27-19-8-5-15(12-18(19)22(28)30)14-3-6-16(24)7-4-14/h2-8,12,17,20H,1,9-11,13H2,(H,27,29)(H2,25,26,31)/t17-,20-/m0/s1. The van der Waals surface area contributed by atoms with Crippen molar-refractivity contribution in [3.63, 3.8) is 0 Å². The highest BCUT2D eigenvalue weighted by Crippen LogP contribution is 2.32. The summed E-state index contributed by atoms with van der Waals surface area (Å²) in [5, 5.41) is 9.06. The minimum atomic E-state index is -0.641. The SMILES string of the molecule is C=CCNC(=O)N[C@H]1CCN2C(=O)c3cc(-c4ccc(Cl)cc4)ccc3NC(=O)[C@@H]2C1. The molecule has 0 spiro atoms. The van der Waals surface area contributed by atoms with Crippen LogP contribution in [0.2, 0.25) is 5.02 Å². The average molecular weight is 439 g/mol. The number of anilines is 1. The molecule has 2 aromatic rings. The Balaban J connectivity index is 1.55. The van der Waals surface area contributed by atoms with Gasteiger partial charge in [-0.3, -0.25) is 9.59 Å². The van der Waals surface area contributed by atoms with Crippen LogP contribution in [0.4, 0.5) is 10.5 Å². The first kappa shape index (κ1) is 20.9. The zero-order chi connectivity index (χ0) is 22.0. The van der Waals surface area contributed by atoms with Gasteiger partial charge >= 0.3 is 6.03 Å². The molecule has 4 rings (SSSR count). The number of urea groups is 1. The highest BCUT2D eigenvalue weighted by atomic mass is 35.5. The van der Waals surface area contributed by atoms with Crippen LogP contribution in [0, 0.1) is 0 Å². The zero-order valence-electron chi connectivity index (χ0n) is 16.9. The van der Waals surface area contributed by atoms with Crippen molar-refractivity contribution in [3.05, 3.63) is 65.7 Å². The van der Waals surface area contributed by atoms with Crippen molar-refractivity contribution in [1.29, 1.82) is 0 Å². The Morgan fingerprint density at radius 3 is 2.68 bits per heavy atom. The van der Waals surface area contributed by atoms with Crippen molar-refractivity contribution in [2.45, 2.75) is 24.9 Å². The normalized spacial score (nSPS) is 20.1. The van der Waals surface area contributed by atoms with E-state index in [1.807, 2.05) is 18.2 Å². The van der Waals surface area contributed by atoms with E-state index < -0.39 is 6.04 Å². The van der Waals surface area contributed by atoms with Gasteiger partial charge in [-0.2, -0.15) is 0 Å². The van der Waals surface area contributed by atoms with E-state index in [4.69, 9.17) is 11.6 Å². The molecule has 8 heteroatoms. The largest absolute Gasteiger partial charge is 0.335 e. The molecule has 3 N–H and O–H groups in total. The number of halogens is 1. The Morgan fingerprint density at radius 1 is 1.19 bits per heavy atom. The highest BCUT2D eigenvalue weighted by Gasteiger charge is 2.40. The molecule has 2 aromatic carbocycles. The molecular weight excluding hydrogens is 416 g/mol. The molecule has 2 heterocycles. The van der Waals surface area contributed by atoms with Crippen molar-refractivity contribution in [2.24, 2.45) is 0 Å². The van der Waals surface area contributed by atoms with Gasteiger partial charge in [-0.25, -0.2) is 4.79 Å². The van der Waals surface area contributed by atoms with Crippen LogP contribution in [0.15, 0.2) is 55.1 Å². The quantitative estimate of drug-likeness (QED) is 0.639. The van der Waals surface area contributed by atoms with Crippen molar-refractivity contribution in [2.75, 3.05) is 18.4 Å². The third-order valence-electron chi connectivity index (χ3n) is 5.59. The van der Waals surface area contributed by atoms with Crippen LogP contribution < -0.4 is 16.0 Å². The summed E-state index contributed by atoms with van der Waals surface area (Å²) in [6.07, 6.45) is 2.52. The van der Waals surface area contributed by atoms with Gasteiger partial charge < -0.3 is 20.9 Å². The zero-order valence-corrected chi connectivity index (χ0v) is 17.6. The number of nitrogens with zero attached hydrogens (tertiary/aromatic N) is 1. The minimum Gasteiger partial charge on any atom is -0.335 e. The molecule has 2 aliphatic rings. The molecule has 0 aliphatic carbocycles. The van der Waals surface area contributed by atoms with Crippen molar-refractivity contribution < 1.29 is 14.4 Å². The number of rotatable bonds is 4. The molecule has 1 saturated heterocycles. The van der Waals surface area contributed by atoms with Crippen LogP contribution in [0.3, 0.4) is 0 Å². The van der Waals surface area contributed by atoms with E-state index in [1.54, 1.807) is 35.2 Å². The molecule has 7 nitrogen and oxygen atoms in total. The van der Waals surface area contributed by atoms with Gasteiger partial charge in [-0.15, -0.1) is 6.58 Å². The minimum absolute atomic E-state index is 0.191. The third kappa shape index (κ3) is 4.41. The lowest BCUT2D eigenvalue weighted by Gasteiger charge is -2.37. The van der Waals surface area contributed by atoms with Crippen LogP contribution >= 0.6 is 11.6 Å². The fourth-order valence-electron chi connectivity index (χ4n) is 4.01. The number of carbonyl (C=O) groups excluding carboxylic acids is 3. The lowest BCUT2D eigenvalue weighted by molar-refractivity contribution is -0.121. The Bertz CT molecular complexity index is 1040. The summed E-state index contributed by atoms with van der Waals surface area (Å²) in [6.45, 7) is 4.31. The Hall–Kier alpha value is -3.32. The monoisotopic (exact) mass is 438 g/mol. The predicted molar refractivity (Wildman–Crippen MR) is 120 cm³/mol. The number of nitrogens with one attached hydrogen (secondary N) is 3. The predicted octanol–water partition coefficient (Wildman–Crippen LogP) is 3.42. The van der Waals surface area contributed by atoms with Gasteiger partial charge in [0, 0.05) is 24.2 Å². The van der Waals surface area contributed by atoms with Gasteiger partial charge in [-0.1, -0.05) is 35.9 Å². The Kier molecular flexibility index (Phi) is 5.95. The molecule has 1 fully saturated rings. The number of benzene rings is 2. The van der Waals surface area contributed by atoms with Crippen molar-refractivity contribution in [1.82, 2.24) is 15.5 Å². The Morgan fingerprint density at radius 2 is 1.94 bits per heavy atom. The summed E-state index contributed by atoms with van der Waals surface area (Å²) in [5.74, 6) is -0.437. The molecular formula is C23H23ClN4O3. The first-order chi connectivity index (χ1) is 15.0. The first-order valence-electron chi connectivity index (χ1n) is 10.1. The third-order valence-corrected chi connectivity index (χ3v) is 5.85. The number of hydrogen-bond acceptors (Lipinski definition) is 3. The number of piperidine rings is 1. The molecule has 4 amide bonds. The van der Waals surface area contributed by atoms with Gasteiger partial charge in [0.1, 0.15) is 6.04 Å². The van der Waals surface area contributed by atoms with E-state index in [-0.39, 0.29) is 23.9 Å². The molecule has 0 radical (unpaired) electrons. The fraction of sp³-hybridized carbons (Fsp3) is 0.261. The second-order valence-corrected chi connectivity index (χ2v) is 8.07. The number of fused-ring (bicyclic) bond motifs is 2. The van der Waals surface area contributed by atoms with Crippen molar-refractivity contribution >= 4 is 35.1 Å².